The van der Waals surface area contributed by atoms with Crippen LogP contribution in [0, 0.1) is 19.8 Å². The number of nitrogens with zero attached hydrogens (tertiary/aromatic N) is 3. The average molecular weight is 265 g/mol. The maximum absolute atomic E-state index is 5.79. The van der Waals surface area contributed by atoms with Crippen LogP contribution in [0.25, 0.3) is 0 Å². The molecule has 0 aliphatic carbocycles. The Balaban J connectivity index is 2.20. The fraction of sp³-hybridized carbons (Fsp3) is 0.714. The van der Waals surface area contributed by atoms with E-state index in [1.807, 2.05) is 11.6 Å². The van der Waals surface area contributed by atoms with Gasteiger partial charge in [-0.3, -0.25) is 9.67 Å². The summed E-state index contributed by atoms with van der Waals surface area (Å²) in [6, 6.07) is 2.09. The number of nitrogens with one attached hydrogen (secondary N) is 1. The van der Waals surface area contributed by atoms with E-state index in [2.05, 4.69) is 42.2 Å². The van der Waals surface area contributed by atoms with Crippen molar-refractivity contribution >= 4 is 5.96 Å². The van der Waals surface area contributed by atoms with Crippen LogP contribution in [-0.4, -0.2) is 28.8 Å². The first-order chi connectivity index (χ1) is 8.99. The molecule has 1 aromatic rings. The highest BCUT2D eigenvalue weighted by atomic mass is 15.3. The summed E-state index contributed by atoms with van der Waals surface area (Å²) in [5, 5.41) is 7.55. The minimum absolute atomic E-state index is 0.550. The lowest BCUT2D eigenvalue weighted by molar-refractivity contribution is 0.564. The van der Waals surface area contributed by atoms with Crippen molar-refractivity contribution in [3.63, 3.8) is 0 Å². The molecule has 0 fully saturated rings. The summed E-state index contributed by atoms with van der Waals surface area (Å²) in [5.74, 6) is 1.24. The molecule has 0 radical (unpaired) electrons. The van der Waals surface area contributed by atoms with Gasteiger partial charge in [-0.2, -0.15) is 5.10 Å². The molecule has 0 aliphatic heterocycles. The third-order valence-electron chi connectivity index (χ3n) is 2.94. The molecule has 108 valence electrons. The first-order valence-electron chi connectivity index (χ1n) is 7.04. The summed E-state index contributed by atoms with van der Waals surface area (Å²) in [6.07, 6.45) is 2.07. The number of aliphatic imine (C=N–C) groups is 1. The van der Waals surface area contributed by atoms with Gasteiger partial charge >= 0.3 is 0 Å². The molecule has 19 heavy (non-hydrogen) atoms. The van der Waals surface area contributed by atoms with Gasteiger partial charge in [0.05, 0.1) is 5.69 Å². The smallest absolute Gasteiger partial charge is 0.188 e. The normalized spacial score (nSPS) is 12.2. The molecule has 0 spiro atoms. The zero-order valence-electron chi connectivity index (χ0n) is 12.6. The Morgan fingerprint density at radius 1 is 1.47 bits per heavy atom. The van der Waals surface area contributed by atoms with Crippen molar-refractivity contribution in [3.05, 3.63) is 17.5 Å². The topological polar surface area (TPSA) is 68.2 Å². The van der Waals surface area contributed by atoms with E-state index >= 15 is 0 Å². The molecule has 5 heteroatoms. The Bertz CT molecular complexity index is 406. The molecule has 1 rings (SSSR count). The van der Waals surface area contributed by atoms with E-state index in [0.717, 1.165) is 38.2 Å². The molecule has 0 aromatic carbocycles. The Hall–Kier alpha value is -1.52. The number of nitrogens with two attached hydrogens (primary N) is 1. The van der Waals surface area contributed by atoms with Crippen molar-refractivity contribution in [2.75, 3.05) is 13.1 Å². The molecule has 3 N–H and O–H groups in total. The number of hydrogen-bond donors (Lipinski definition) is 2. The minimum Gasteiger partial charge on any atom is -0.370 e. The second-order valence-electron chi connectivity index (χ2n) is 5.38. The number of guanidine groups is 1. The Morgan fingerprint density at radius 2 is 2.21 bits per heavy atom. The molecule has 1 heterocycles. The van der Waals surface area contributed by atoms with E-state index in [1.165, 1.54) is 5.69 Å². The third-order valence-corrected chi connectivity index (χ3v) is 2.94. The van der Waals surface area contributed by atoms with Gasteiger partial charge in [-0.1, -0.05) is 13.8 Å². The monoisotopic (exact) mass is 265 g/mol. The van der Waals surface area contributed by atoms with Gasteiger partial charge in [0.1, 0.15) is 0 Å². The predicted molar refractivity (Wildman–Crippen MR) is 80.3 cm³/mol. The first-order valence-corrected chi connectivity index (χ1v) is 7.04. The highest BCUT2D eigenvalue weighted by Crippen LogP contribution is 2.02. The Kier molecular flexibility index (Phi) is 6.39. The van der Waals surface area contributed by atoms with Crippen LogP contribution in [0.1, 0.15) is 38.1 Å². The number of rotatable bonds is 7. The third kappa shape index (κ3) is 6.27. The summed E-state index contributed by atoms with van der Waals surface area (Å²) >= 11 is 0. The standard InChI is InChI=1S/C14H27N5/c1-11(2)6-8-17-14(15)16-7-5-9-19-13(4)10-12(3)18-19/h10-11H,5-9H2,1-4H3,(H3,15,16,17). The summed E-state index contributed by atoms with van der Waals surface area (Å²) < 4.78 is 2.02. The molecule has 0 amide bonds. The van der Waals surface area contributed by atoms with Gasteiger partial charge in [0.25, 0.3) is 0 Å². The molecular weight excluding hydrogens is 238 g/mol. The maximum Gasteiger partial charge on any atom is 0.188 e. The summed E-state index contributed by atoms with van der Waals surface area (Å²) in [7, 11) is 0. The molecule has 5 nitrogen and oxygen atoms in total. The second kappa shape index (κ2) is 7.81. The van der Waals surface area contributed by atoms with E-state index in [4.69, 9.17) is 5.73 Å². The van der Waals surface area contributed by atoms with Gasteiger partial charge in [0.15, 0.2) is 5.96 Å². The fourth-order valence-electron chi connectivity index (χ4n) is 1.87. The van der Waals surface area contributed by atoms with Crippen molar-refractivity contribution in [2.24, 2.45) is 16.6 Å². The molecule has 0 unspecified atom stereocenters. The molecule has 1 aromatic heterocycles. The summed E-state index contributed by atoms with van der Waals surface area (Å²) in [4.78, 5) is 4.31. The fourth-order valence-corrected chi connectivity index (χ4v) is 1.87. The van der Waals surface area contributed by atoms with E-state index < -0.39 is 0 Å². The lowest BCUT2D eigenvalue weighted by Crippen LogP contribution is -2.33. The lowest BCUT2D eigenvalue weighted by atomic mass is 10.1. The second-order valence-corrected chi connectivity index (χ2v) is 5.38. The van der Waals surface area contributed by atoms with Crippen LogP contribution in [0.2, 0.25) is 0 Å². The van der Waals surface area contributed by atoms with Crippen LogP contribution in [0.15, 0.2) is 11.1 Å². The zero-order chi connectivity index (χ0) is 14.3. The summed E-state index contributed by atoms with van der Waals surface area (Å²) in [5.41, 5.74) is 8.05. The highest BCUT2D eigenvalue weighted by Gasteiger charge is 2.00. The van der Waals surface area contributed by atoms with Crippen LogP contribution < -0.4 is 11.1 Å². The number of aromatic nitrogens is 2. The zero-order valence-corrected chi connectivity index (χ0v) is 12.6. The van der Waals surface area contributed by atoms with E-state index in [0.29, 0.717) is 11.9 Å². The maximum atomic E-state index is 5.79. The SMILES string of the molecule is Cc1cc(C)n(CCCN=C(N)NCCC(C)C)n1. The van der Waals surface area contributed by atoms with E-state index in [1.54, 1.807) is 0 Å². The number of aryl methyl sites for hydroxylation is 3. The highest BCUT2D eigenvalue weighted by molar-refractivity contribution is 5.77. The van der Waals surface area contributed by atoms with Crippen molar-refractivity contribution < 1.29 is 0 Å². The predicted octanol–water partition coefficient (Wildman–Crippen LogP) is 1.84. The van der Waals surface area contributed by atoms with Crippen LogP contribution in [0.4, 0.5) is 0 Å². The molecule has 0 saturated carbocycles. The van der Waals surface area contributed by atoms with Crippen LogP contribution in [-0.2, 0) is 6.54 Å². The number of hydrogen-bond acceptors (Lipinski definition) is 2. The van der Waals surface area contributed by atoms with Gasteiger partial charge in [-0.05, 0) is 38.7 Å². The largest absolute Gasteiger partial charge is 0.370 e. The summed E-state index contributed by atoms with van der Waals surface area (Å²) in [6.45, 7) is 11.0. The van der Waals surface area contributed by atoms with Crippen molar-refractivity contribution in [1.29, 1.82) is 0 Å². The first kappa shape index (κ1) is 15.5. The van der Waals surface area contributed by atoms with E-state index in [-0.39, 0.29) is 0 Å². The van der Waals surface area contributed by atoms with Crippen molar-refractivity contribution in [1.82, 2.24) is 15.1 Å². The molecule has 0 aliphatic rings. The average Bonchev–Trinajstić information content (AvgIpc) is 2.63. The van der Waals surface area contributed by atoms with Crippen LogP contribution >= 0.6 is 0 Å². The molecule has 0 bridgehead atoms. The van der Waals surface area contributed by atoms with Crippen LogP contribution in [0.5, 0.6) is 0 Å². The Labute approximate surface area is 116 Å². The quantitative estimate of drug-likeness (QED) is 0.449. The Morgan fingerprint density at radius 3 is 2.79 bits per heavy atom. The van der Waals surface area contributed by atoms with Crippen molar-refractivity contribution in [2.45, 2.75) is 47.1 Å². The van der Waals surface area contributed by atoms with Crippen molar-refractivity contribution in [3.8, 4) is 0 Å². The van der Waals surface area contributed by atoms with Gasteiger partial charge in [0.2, 0.25) is 0 Å². The lowest BCUT2D eigenvalue weighted by Gasteiger charge is -2.07. The van der Waals surface area contributed by atoms with E-state index in [9.17, 15) is 0 Å². The van der Waals surface area contributed by atoms with Gasteiger partial charge < -0.3 is 11.1 Å². The van der Waals surface area contributed by atoms with Gasteiger partial charge in [0, 0.05) is 25.3 Å². The molecular formula is C14H27N5. The van der Waals surface area contributed by atoms with Gasteiger partial charge in [-0.15, -0.1) is 0 Å². The minimum atomic E-state index is 0.550. The van der Waals surface area contributed by atoms with Crippen LogP contribution in [0.3, 0.4) is 0 Å². The molecule has 0 atom stereocenters. The molecule has 0 saturated heterocycles. The van der Waals surface area contributed by atoms with Gasteiger partial charge in [-0.25, -0.2) is 0 Å².